The first-order valence-corrected chi connectivity index (χ1v) is 10.1. The number of para-hydroxylation sites is 3. The summed E-state index contributed by atoms with van der Waals surface area (Å²) in [6.45, 7) is 2.10. The molecule has 0 fully saturated rings. The molecule has 1 heterocycles. The Labute approximate surface area is 180 Å². The van der Waals surface area contributed by atoms with Crippen LogP contribution in [0.15, 0.2) is 78.9 Å². The van der Waals surface area contributed by atoms with E-state index in [-0.39, 0.29) is 12.5 Å². The van der Waals surface area contributed by atoms with E-state index in [4.69, 9.17) is 4.74 Å². The van der Waals surface area contributed by atoms with Gasteiger partial charge in [0.2, 0.25) is 11.9 Å². The molecule has 7 nitrogen and oxygen atoms in total. The van der Waals surface area contributed by atoms with Crippen molar-refractivity contribution in [2.75, 3.05) is 17.2 Å². The quantitative estimate of drug-likeness (QED) is 0.399. The third-order valence-corrected chi connectivity index (χ3v) is 4.61. The number of amides is 1. The Morgan fingerprint density at radius 3 is 2.58 bits per heavy atom. The number of benzene rings is 3. The molecule has 1 aromatic heterocycles. The summed E-state index contributed by atoms with van der Waals surface area (Å²) in [5, 5.41) is 15.6. The fourth-order valence-corrected chi connectivity index (χ4v) is 3.22. The predicted molar refractivity (Wildman–Crippen MR) is 121 cm³/mol. The highest BCUT2D eigenvalue weighted by Gasteiger charge is 2.14. The lowest BCUT2D eigenvalue weighted by Gasteiger charge is -2.13. The maximum absolute atomic E-state index is 12.8. The Kier molecular flexibility index (Phi) is 6.14. The van der Waals surface area contributed by atoms with E-state index >= 15 is 0 Å². The van der Waals surface area contributed by atoms with Crippen LogP contribution in [0.25, 0.3) is 11.0 Å². The van der Waals surface area contributed by atoms with Crippen molar-refractivity contribution in [3.63, 3.8) is 0 Å². The highest BCUT2D eigenvalue weighted by molar-refractivity contribution is 5.92. The van der Waals surface area contributed by atoms with Crippen molar-refractivity contribution in [2.24, 2.45) is 0 Å². The highest BCUT2D eigenvalue weighted by atomic mass is 16.5. The maximum Gasteiger partial charge on any atom is 0.244 e. The van der Waals surface area contributed by atoms with Gasteiger partial charge in [-0.1, -0.05) is 36.4 Å². The van der Waals surface area contributed by atoms with Crippen molar-refractivity contribution in [1.29, 1.82) is 0 Å². The third kappa shape index (κ3) is 5.21. The minimum Gasteiger partial charge on any atom is -0.457 e. The molecule has 1 amide bonds. The second kappa shape index (κ2) is 9.32. The Morgan fingerprint density at radius 2 is 1.77 bits per heavy atom. The summed E-state index contributed by atoms with van der Waals surface area (Å²) < 4.78 is 7.64. The minimum absolute atomic E-state index is 0.0758. The molecule has 3 aromatic carbocycles. The molecule has 0 saturated heterocycles. The van der Waals surface area contributed by atoms with Crippen molar-refractivity contribution in [2.45, 2.75) is 19.6 Å². The van der Waals surface area contributed by atoms with Crippen LogP contribution in [-0.4, -0.2) is 33.2 Å². The number of aliphatic hydroxyl groups is 1. The van der Waals surface area contributed by atoms with Gasteiger partial charge in [0, 0.05) is 18.3 Å². The highest BCUT2D eigenvalue weighted by Crippen LogP contribution is 2.24. The van der Waals surface area contributed by atoms with Gasteiger partial charge in [0.25, 0.3) is 0 Å². The van der Waals surface area contributed by atoms with Gasteiger partial charge in [-0.25, -0.2) is 4.98 Å². The van der Waals surface area contributed by atoms with Crippen LogP contribution in [0.5, 0.6) is 11.5 Å². The molecule has 7 heteroatoms. The fourth-order valence-electron chi connectivity index (χ4n) is 3.22. The van der Waals surface area contributed by atoms with Crippen molar-refractivity contribution in [1.82, 2.24) is 9.55 Å². The molecular weight excluding hydrogens is 392 g/mol. The van der Waals surface area contributed by atoms with E-state index in [9.17, 15) is 9.90 Å². The van der Waals surface area contributed by atoms with Crippen molar-refractivity contribution < 1.29 is 14.6 Å². The van der Waals surface area contributed by atoms with Gasteiger partial charge in [0.1, 0.15) is 18.0 Å². The van der Waals surface area contributed by atoms with E-state index < -0.39 is 6.10 Å². The van der Waals surface area contributed by atoms with Gasteiger partial charge in [-0.3, -0.25) is 4.79 Å². The Bertz CT molecular complexity index is 1170. The number of hydrogen-bond acceptors (Lipinski definition) is 5. The third-order valence-electron chi connectivity index (χ3n) is 4.61. The zero-order chi connectivity index (χ0) is 21.6. The van der Waals surface area contributed by atoms with Gasteiger partial charge in [0.15, 0.2) is 0 Å². The van der Waals surface area contributed by atoms with Gasteiger partial charge >= 0.3 is 0 Å². The van der Waals surface area contributed by atoms with Crippen LogP contribution in [-0.2, 0) is 11.3 Å². The fraction of sp³-hybridized carbons (Fsp3) is 0.167. The van der Waals surface area contributed by atoms with E-state index in [0.29, 0.717) is 23.9 Å². The van der Waals surface area contributed by atoms with E-state index in [2.05, 4.69) is 15.6 Å². The van der Waals surface area contributed by atoms with Crippen LogP contribution in [0, 0.1) is 0 Å². The molecule has 0 spiro atoms. The Hall–Kier alpha value is -3.84. The molecule has 0 saturated carbocycles. The molecule has 0 aliphatic heterocycles. The molecule has 0 radical (unpaired) electrons. The molecule has 3 N–H and O–H groups in total. The molecule has 0 bridgehead atoms. The van der Waals surface area contributed by atoms with Gasteiger partial charge in [-0.15, -0.1) is 0 Å². The number of hydrogen-bond donors (Lipinski definition) is 3. The number of aromatic nitrogens is 2. The lowest BCUT2D eigenvalue weighted by Crippen LogP contribution is -2.22. The molecule has 158 valence electrons. The van der Waals surface area contributed by atoms with Gasteiger partial charge in [0.05, 0.1) is 17.1 Å². The summed E-state index contributed by atoms with van der Waals surface area (Å²) in [6.07, 6.45) is -0.533. The molecule has 4 aromatic rings. The molecule has 1 unspecified atom stereocenters. The van der Waals surface area contributed by atoms with E-state index in [1.54, 1.807) is 17.6 Å². The molecule has 31 heavy (non-hydrogen) atoms. The largest absolute Gasteiger partial charge is 0.457 e. The van der Waals surface area contributed by atoms with Crippen LogP contribution in [0.3, 0.4) is 0 Å². The van der Waals surface area contributed by atoms with Crippen molar-refractivity contribution in [3.05, 3.63) is 78.9 Å². The van der Waals surface area contributed by atoms with Crippen LogP contribution in [0.1, 0.15) is 6.92 Å². The maximum atomic E-state index is 12.8. The van der Waals surface area contributed by atoms with E-state index in [1.807, 2.05) is 72.8 Å². The average Bonchev–Trinajstić information content (AvgIpc) is 3.10. The monoisotopic (exact) mass is 416 g/mol. The number of anilines is 2. The number of nitrogens with zero attached hydrogens (tertiary/aromatic N) is 2. The summed E-state index contributed by atoms with van der Waals surface area (Å²) in [4.78, 5) is 17.4. The summed E-state index contributed by atoms with van der Waals surface area (Å²) in [5.74, 6) is 1.71. The molecule has 4 rings (SSSR count). The lowest BCUT2D eigenvalue weighted by molar-refractivity contribution is -0.116. The first-order chi connectivity index (χ1) is 15.1. The Morgan fingerprint density at radius 1 is 1.03 bits per heavy atom. The number of carbonyl (C=O) groups excluding carboxylic acids is 1. The first kappa shape index (κ1) is 20.4. The number of aliphatic hydroxyl groups excluding tert-OH is 1. The van der Waals surface area contributed by atoms with Crippen molar-refractivity contribution >= 4 is 28.6 Å². The SMILES string of the molecule is CC(O)CNc1nc2ccccc2n1CC(=O)Nc1cccc(Oc2ccccc2)c1. The first-order valence-electron chi connectivity index (χ1n) is 10.1. The number of rotatable bonds is 8. The van der Waals surface area contributed by atoms with Gasteiger partial charge < -0.3 is 25.0 Å². The molecule has 0 aliphatic rings. The van der Waals surface area contributed by atoms with Crippen molar-refractivity contribution in [3.8, 4) is 11.5 Å². The average molecular weight is 416 g/mol. The number of ether oxygens (including phenoxy) is 1. The second-order valence-corrected chi connectivity index (χ2v) is 7.23. The van der Waals surface area contributed by atoms with Crippen LogP contribution < -0.4 is 15.4 Å². The molecule has 1 atom stereocenters. The Balaban J connectivity index is 1.49. The molecule has 0 aliphatic carbocycles. The van der Waals surface area contributed by atoms with Crippen LogP contribution >= 0.6 is 0 Å². The zero-order valence-electron chi connectivity index (χ0n) is 17.2. The van der Waals surface area contributed by atoms with E-state index in [1.165, 1.54) is 0 Å². The number of carbonyl (C=O) groups is 1. The molecular formula is C24H24N4O3. The van der Waals surface area contributed by atoms with Gasteiger partial charge in [-0.05, 0) is 43.3 Å². The summed E-state index contributed by atoms with van der Waals surface area (Å²) >= 11 is 0. The number of nitrogens with one attached hydrogen (secondary N) is 2. The smallest absolute Gasteiger partial charge is 0.244 e. The minimum atomic E-state index is -0.533. The van der Waals surface area contributed by atoms with E-state index in [0.717, 1.165) is 16.8 Å². The normalized spacial score (nSPS) is 11.8. The standard InChI is InChI=1S/C24H24N4O3/c1-17(29)15-25-24-27-21-12-5-6-13-22(21)28(24)16-23(30)26-18-8-7-11-20(14-18)31-19-9-3-2-4-10-19/h2-14,17,29H,15-16H2,1H3,(H,25,27)(H,26,30). The van der Waals surface area contributed by atoms with Crippen LogP contribution in [0.4, 0.5) is 11.6 Å². The summed E-state index contributed by atoms with van der Waals surface area (Å²) in [6, 6.07) is 24.3. The summed E-state index contributed by atoms with van der Waals surface area (Å²) in [5.41, 5.74) is 2.26. The number of imidazole rings is 1. The lowest BCUT2D eigenvalue weighted by atomic mass is 10.3. The second-order valence-electron chi connectivity index (χ2n) is 7.23. The van der Waals surface area contributed by atoms with Gasteiger partial charge in [-0.2, -0.15) is 0 Å². The number of fused-ring (bicyclic) bond motifs is 1. The predicted octanol–water partition coefficient (Wildman–Crippen LogP) is 4.26. The summed E-state index contributed by atoms with van der Waals surface area (Å²) in [7, 11) is 0. The zero-order valence-corrected chi connectivity index (χ0v) is 17.2. The topological polar surface area (TPSA) is 88.4 Å². The van der Waals surface area contributed by atoms with Crippen LogP contribution in [0.2, 0.25) is 0 Å².